The van der Waals surface area contributed by atoms with Crippen molar-refractivity contribution >= 4 is 17.2 Å². The summed E-state index contributed by atoms with van der Waals surface area (Å²) in [7, 11) is 4.20. The predicted molar refractivity (Wildman–Crippen MR) is 105 cm³/mol. The zero-order valence-electron chi connectivity index (χ0n) is 14.9. The summed E-state index contributed by atoms with van der Waals surface area (Å²) in [4.78, 5) is 15.1. The minimum absolute atomic E-state index is 0.0914. The molecule has 0 unspecified atom stereocenters. The van der Waals surface area contributed by atoms with E-state index < -0.39 is 0 Å². The molecule has 26 heavy (non-hydrogen) atoms. The van der Waals surface area contributed by atoms with Gasteiger partial charge in [-0.15, -0.1) is 11.3 Å². The number of amides is 1. The Bertz CT molecular complexity index is 832. The molecule has 3 aromatic rings. The van der Waals surface area contributed by atoms with Crippen molar-refractivity contribution in [1.82, 2.24) is 5.32 Å². The van der Waals surface area contributed by atoms with E-state index in [9.17, 15) is 4.79 Å². The van der Waals surface area contributed by atoms with Crippen molar-refractivity contribution in [2.75, 3.05) is 20.6 Å². The number of likely N-dealkylation sites (N-methyl/N-ethyl adjacent to an activating group) is 1. The van der Waals surface area contributed by atoms with E-state index in [1.165, 1.54) is 9.78 Å². The lowest BCUT2D eigenvalue weighted by molar-refractivity contribution is -0.890. The minimum atomic E-state index is -0.0914. The third kappa shape index (κ3) is 4.71. The Morgan fingerprint density at radius 2 is 1.81 bits per heavy atom. The highest BCUT2D eigenvalue weighted by atomic mass is 32.1. The first kappa shape index (κ1) is 18.2. The Kier molecular flexibility index (Phi) is 6.04. The molecule has 0 radical (unpaired) electrons. The Hall–Kier alpha value is -2.63. The van der Waals surface area contributed by atoms with Crippen molar-refractivity contribution in [3.05, 3.63) is 82.6 Å². The van der Waals surface area contributed by atoms with Crippen molar-refractivity contribution in [3.8, 4) is 11.5 Å². The van der Waals surface area contributed by atoms with Crippen LogP contribution in [0.5, 0.6) is 11.5 Å². The van der Waals surface area contributed by atoms with Crippen molar-refractivity contribution < 1.29 is 14.4 Å². The van der Waals surface area contributed by atoms with Gasteiger partial charge in [-0.3, -0.25) is 4.79 Å². The second kappa shape index (κ2) is 8.65. The number of quaternary nitrogens is 1. The quantitative estimate of drug-likeness (QED) is 0.674. The van der Waals surface area contributed by atoms with Gasteiger partial charge in [0.15, 0.2) is 0 Å². The molecular weight excluding hydrogens is 344 g/mol. The fourth-order valence-electron chi connectivity index (χ4n) is 2.70. The second-order valence-corrected chi connectivity index (χ2v) is 7.28. The third-order valence-corrected chi connectivity index (χ3v) is 5.11. The molecule has 0 bridgehead atoms. The smallest absolute Gasteiger partial charge is 0.251 e. The summed E-state index contributed by atoms with van der Waals surface area (Å²) in [6.45, 7) is 0.589. The lowest BCUT2D eigenvalue weighted by Crippen LogP contribution is -3.06. The first-order chi connectivity index (χ1) is 12.6. The molecule has 134 valence electrons. The van der Waals surface area contributed by atoms with Gasteiger partial charge in [-0.25, -0.2) is 0 Å². The van der Waals surface area contributed by atoms with Gasteiger partial charge in [-0.05, 0) is 41.8 Å². The molecule has 2 aromatic carbocycles. The zero-order valence-corrected chi connectivity index (χ0v) is 15.8. The highest BCUT2D eigenvalue weighted by Crippen LogP contribution is 2.22. The van der Waals surface area contributed by atoms with E-state index in [1.54, 1.807) is 23.5 Å². The first-order valence-corrected chi connectivity index (χ1v) is 9.46. The zero-order chi connectivity index (χ0) is 18.4. The number of hydrogen-bond donors (Lipinski definition) is 2. The van der Waals surface area contributed by atoms with Crippen LogP contribution in [0.1, 0.15) is 21.3 Å². The maximum Gasteiger partial charge on any atom is 0.251 e. The van der Waals surface area contributed by atoms with E-state index in [4.69, 9.17) is 4.74 Å². The molecule has 0 aliphatic heterocycles. The average Bonchev–Trinajstić information content (AvgIpc) is 3.17. The molecule has 0 aliphatic rings. The fraction of sp³-hybridized carbons (Fsp3) is 0.190. The van der Waals surface area contributed by atoms with Crippen LogP contribution in [0.3, 0.4) is 0 Å². The maximum absolute atomic E-state index is 12.6. The van der Waals surface area contributed by atoms with Crippen LogP contribution < -0.4 is 15.0 Å². The Morgan fingerprint density at radius 1 is 1.04 bits per heavy atom. The van der Waals surface area contributed by atoms with Gasteiger partial charge in [0.2, 0.25) is 0 Å². The molecule has 1 amide bonds. The van der Waals surface area contributed by atoms with Crippen LogP contribution in [0, 0.1) is 0 Å². The van der Waals surface area contributed by atoms with Gasteiger partial charge in [0.25, 0.3) is 5.91 Å². The number of rotatable bonds is 7. The molecule has 3 rings (SSSR count). The Labute approximate surface area is 158 Å². The molecule has 1 heterocycles. The van der Waals surface area contributed by atoms with Gasteiger partial charge in [-0.1, -0.05) is 30.3 Å². The van der Waals surface area contributed by atoms with Crippen LogP contribution in [0.25, 0.3) is 0 Å². The highest BCUT2D eigenvalue weighted by molar-refractivity contribution is 7.10. The van der Waals surface area contributed by atoms with Crippen molar-refractivity contribution in [3.63, 3.8) is 0 Å². The molecule has 2 N–H and O–H groups in total. The standard InChI is InChI=1S/C21H22N2O2S/c1-23(2)19(20-12-7-13-26-20)15-22-21(24)16-8-6-11-18(14-16)25-17-9-4-3-5-10-17/h3-14,19H,15H2,1-2H3,(H,22,24)/p+1/t19-/m0/s1. The van der Waals surface area contributed by atoms with Gasteiger partial charge in [-0.2, -0.15) is 0 Å². The Morgan fingerprint density at radius 3 is 2.50 bits per heavy atom. The molecule has 0 spiro atoms. The molecule has 1 aromatic heterocycles. The van der Waals surface area contributed by atoms with Gasteiger partial charge in [0.05, 0.1) is 25.5 Å². The van der Waals surface area contributed by atoms with Crippen LogP contribution >= 0.6 is 11.3 Å². The van der Waals surface area contributed by atoms with E-state index in [1.807, 2.05) is 48.5 Å². The summed E-state index contributed by atoms with van der Waals surface area (Å²) < 4.78 is 5.81. The maximum atomic E-state index is 12.6. The largest absolute Gasteiger partial charge is 0.457 e. The Balaban J connectivity index is 1.65. The number of carbonyl (C=O) groups excluding carboxylic acids is 1. The summed E-state index contributed by atoms with van der Waals surface area (Å²) in [6.07, 6.45) is 0. The summed E-state index contributed by atoms with van der Waals surface area (Å²) in [6, 6.07) is 21.2. The summed E-state index contributed by atoms with van der Waals surface area (Å²) in [5, 5.41) is 5.12. The number of thiophene rings is 1. The number of carbonyl (C=O) groups is 1. The summed E-state index contributed by atoms with van der Waals surface area (Å²) in [5.74, 6) is 1.31. The molecule has 0 aliphatic carbocycles. The van der Waals surface area contributed by atoms with Crippen LogP contribution in [-0.4, -0.2) is 26.5 Å². The number of ether oxygens (including phenoxy) is 1. The van der Waals surface area contributed by atoms with Crippen LogP contribution in [0.2, 0.25) is 0 Å². The molecule has 0 fully saturated rings. The van der Waals surface area contributed by atoms with E-state index in [2.05, 4.69) is 30.9 Å². The lowest BCUT2D eigenvalue weighted by atomic mass is 10.1. The normalized spacial score (nSPS) is 12.0. The van der Waals surface area contributed by atoms with Crippen LogP contribution in [0.4, 0.5) is 0 Å². The SMILES string of the molecule is C[NH+](C)[C@@H](CNC(=O)c1cccc(Oc2ccccc2)c1)c1cccs1. The molecule has 5 heteroatoms. The van der Waals surface area contributed by atoms with E-state index >= 15 is 0 Å². The first-order valence-electron chi connectivity index (χ1n) is 8.58. The monoisotopic (exact) mass is 367 g/mol. The van der Waals surface area contributed by atoms with E-state index in [0.717, 1.165) is 5.75 Å². The van der Waals surface area contributed by atoms with Crippen LogP contribution in [0.15, 0.2) is 72.1 Å². The van der Waals surface area contributed by atoms with Gasteiger partial charge >= 0.3 is 0 Å². The summed E-state index contributed by atoms with van der Waals surface area (Å²) in [5.41, 5.74) is 0.595. The minimum Gasteiger partial charge on any atom is -0.457 e. The van der Waals surface area contributed by atoms with Crippen LogP contribution in [-0.2, 0) is 0 Å². The molecule has 4 nitrogen and oxygen atoms in total. The molecule has 1 atom stereocenters. The fourth-order valence-corrected chi connectivity index (χ4v) is 3.66. The molecule has 0 saturated heterocycles. The van der Waals surface area contributed by atoms with Gasteiger partial charge in [0.1, 0.15) is 17.5 Å². The second-order valence-electron chi connectivity index (χ2n) is 6.30. The number of hydrogen-bond acceptors (Lipinski definition) is 3. The average molecular weight is 367 g/mol. The summed E-state index contributed by atoms with van der Waals surface area (Å²) >= 11 is 1.72. The van der Waals surface area contributed by atoms with E-state index in [-0.39, 0.29) is 11.9 Å². The molecule has 0 saturated carbocycles. The van der Waals surface area contributed by atoms with Crippen molar-refractivity contribution in [1.29, 1.82) is 0 Å². The molecular formula is C21H23N2O2S+. The van der Waals surface area contributed by atoms with Crippen molar-refractivity contribution in [2.45, 2.75) is 6.04 Å². The van der Waals surface area contributed by atoms with Gasteiger partial charge < -0.3 is 15.0 Å². The van der Waals surface area contributed by atoms with E-state index in [0.29, 0.717) is 17.9 Å². The van der Waals surface area contributed by atoms with Crippen molar-refractivity contribution in [2.24, 2.45) is 0 Å². The topological polar surface area (TPSA) is 42.8 Å². The third-order valence-electron chi connectivity index (χ3n) is 4.13. The number of benzene rings is 2. The van der Waals surface area contributed by atoms with Gasteiger partial charge in [0, 0.05) is 5.56 Å². The predicted octanol–water partition coefficient (Wildman–Crippen LogP) is 3.16. The number of para-hydroxylation sites is 1. The lowest BCUT2D eigenvalue weighted by Gasteiger charge is -2.20. The highest BCUT2D eigenvalue weighted by Gasteiger charge is 2.20. The number of nitrogens with one attached hydrogen (secondary N) is 2.